The van der Waals surface area contributed by atoms with Gasteiger partial charge in [0, 0.05) is 11.8 Å². The summed E-state index contributed by atoms with van der Waals surface area (Å²) in [5.74, 6) is 0.190. The minimum atomic E-state index is -0.284. The molecule has 1 N–H and O–H groups in total. The van der Waals surface area contributed by atoms with Gasteiger partial charge in [-0.15, -0.1) is 0 Å². The maximum absolute atomic E-state index is 12.1. The van der Waals surface area contributed by atoms with Crippen molar-refractivity contribution in [2.24, 2.45) is 0 Å². The zero-order valence-corrected chi connectivity index (χ0v) is 11.5. The number of aryl methyl sites for hydroxylation is 2. The Morgan fingerprint density at radius 2 is 2.05 bits per heavy atom. The molecule has 2 rings (SSSR count). The number of amides is 1. The van der Waals surface area contributed by atoms with Gasteiger partial charge in [0.1, 0.15) is 16.7 Å². The third kappa shape index (κ3) is 3.29. The molecule has 0 atom stereocenters. The number of aromatic nitrogens is 2. The molecule has 1 heterocycles. The van der Waals surface area contributed by atoms with Crippen molar-refractivity contribution in [2.75, 3.05) is 5.32 Å². The summed E-state index contributed by atoms with van der Waals surface area (Å²) in [6.07, 6.45) is 0.847. The first-order valence-corrected chi connectivity index (χ1v) is 6.38. The third-order valence-electron chi connectivity index (χ3n) is 2.69. The Bertz CT molecular complexity index is 593. The molecule has 0 fully saturated rings. The molecule has 5 heteroatoms. The predicted molar refractivity (Wildman–Crippen MR) is 75.6 cm³/mol. The summed E-state index contributed by atoms with van der Waals surface area (Å²) in [6.45, 7) is 3.74. The Morgan fingerprint density at radius 3 is 2.74 bits per heavy atom. The van der Waals surface area contributed by atoms with Gasteiger partial charge in [0.2, 0.25) is 0 Å². The van der Waals surface area contributed by atoms with Gasteiger partial charge in [-0.3, -0.25) is 4.79 Å². The molecule has 4 nitrogen and oxygen atoms in total. The molecule has 0 aliphatic heterocycles. The van der Waals surface area contributed by atoms with Crippen molar-refractivity contribution in [2.45, 2.75) is 20.3 Å². The van der Waals surface area contributed by atoms with E-state index in [1.807, 2.05) is 31.2 Å². The van der Waals surface area contributed by atoms with E-state index in [1.54, 1.807) is 6.92 Å². The van der Waals surface area contributed by atoms with Crippen LogP contribution >= 0.6 is 11.6 Å². The Labute approximate surface area is 116 Å². The number of hydrogen-bond donors (Lipinski definition) is 1. The van der Waals surface area contributed by atoms with Crippen LogP contribution < -0.4 is 5.32 Å². The normalized spacial score (nSPS) is 10.3. The van der Waals surface area contributed by atoms with E-state index in [-0.39, 0.29) is 16.8 Å². The number of carbonyl (C=O) groups excluding carboxylic acids is 1. The summed E-state index contributed by atoms with van der Waals surface area (Å²) in [4.78, 5) is 20.1. The standard InChI is InChI=1S/C14H14ClN3O/c1-3-10-6-4-5-7-11(10)18-14(19)12-8-13(15)17-9(2)16-12/h4-8H,3H2,1-2H3,(H,18,19). The van der Waals surface area contributed by atoms with Gasteiger partial charge in [0.25, 0.3) is 5.91 Å². The van der Waals surface area contributed by atoms with Crippen LogP contribution in [0, 0.1) is 6.92 Å². The highest BCUT2D eigenvalue weighted by molar-refractivity contribution is 6.29. The maximum atomic E-state index is 12.1. The predicted octanol–water partition coefficient (Wildman–Crippen LogP) is 3.25. The summed E-state index contributed by atoms with van der Waals surface area (Å²) in [5, 5.41) is 3.11. The SMILES string of the molecule is CCc1ccccc1NC(=O)c1cc(Cl)nc(C)n1. The highest BCUT2D eigenvalue weighted by atomic mass is 35.5. The largest absolute Gasteiger partial charge is 0.320 e. The Morgan fingerprint density at radius 1 is 1.32 bits per heavy atom. The van der Waals surface area contributed by atoms with E-state index < -0.39 is 0 Å². The molecule has 0 bridgehead atoms. The fourth-order valence-corrected chi connectivity index (χ4v) is 2.01. The zero-order chi connectivity index (χ0) is 13.8. The lowest BCUT2D eigenvalue weighted by Gasteiger charge is -2.09. The Balaban J connectivity index is 2.25. The van der Waals surface area contributed by atoms with Gasteiger partial charge >= 0.3 is 0 Å². The second kappa shape index (κ2) is 5.80. The molecule has 0 aliphatic rings. The van der Waals surface area contributed by atoms with Gasteiger partial charge in [-0.1, -0.05) is 36.7 Å². The lowest BCUT2D eigenvalue weighted by molar-refractivity contribution is 0.102. The molecule has 0 saturated heterocycles. The van der Waals surface area contributed by atoms with Crippen LogP contribution in [0.15, 0.2) is 30.3 Å². The molecule has 98 valence electrons. The molecule has 0 radical (unpaired) electrons. The van der Waals surface area contributed by atoms with E-state index in [0.29, 0.717) is 5.82 Å². The van der Waals surface area contributed by atoms with Crippen LogP contribution in [0.3, 0.4) is 0 Å². The van der Waals surface area contributed by atoms with Crippen molar-refractivity contribution in [3.05, 3.63) is 52.6 Å². The van der Waals surface area contributed by atoms with Crippen molar-refractivity contribution >= 4 is 23.2 Å². The second-order valence-corrected chi connectivity index (χ2v) is 4.48. The number of nitrogens with one attached hydrogen (secondary N) is 1. The van der Waals surface area contributed by atoms with Crippen LogP contribution in [0.25, 0.3) is 0 Å². The first kappa shape index (κ1) is 13.5. The minimum Gasteiger partial charge on any atom is -0.320 e. The summed E-state index contributed by atoms with van der Waals surface area (Å²) >= 11 is 5.82. The minimum absolute atomic E-state index is 0.265. The van der Waals surface area contributed by atoms with Crippen LogP contribution in [0.1, 0.15) is 28.8 Å². The summed E-state index contributed by atoms with van der Waals surface area (Å²) in [5.41, 5.74) is 2.14. The molecular weight excluding hydrogens is 262 g/mol. The van der Waals surface area contributed by atoms with Gasteiger partial charge in [-0.25, -0.2) is 9.97 Å². The molecule has 1 aromatic carbocycles. The maximum Gasteiger partial charge on any atom is 0.274 e. The van der Waals surface area contributed by atoms with E-state index in [0.717, 1.165) is 17.7 Å². The number of anilines is 1. The number of hydrogen-bond acceptors (Lipinski definition) is 3. The number of benzene rings is 1. The van der Waals surface area contributed by atoms with Crippen LogP contribution in [-0.4, -0.2) is 15.9 Å². The third-order valence-corrected chi connectivity index (χ3v) is 2.88. The molecule has 1 amide bonds. The van der Waals surface area contributed by atoms with Crippen LogP contribution in [-0.2, 0) is 6.42 Å². The van der Waals surface area contributed by atoms with Crippen molar-refractivity contribution in [3.8, 4) is 0 Å². The van der Waals surface area contributed by atoms with Gasteiger partial charge in [-0.2, -0.15) is 0 Å². The van der Waals surface area contributed by atoms with E-state index in [1.165, 1.54) is 6.07 Å². The summed E-state index contributed by atoms with van der Waals surface area (Å²) in [7, 11) is 0. The average molecular weight is 276 g/mol. The summed E-state index contributed by atoms with van der Waals surface area (Å²) < 4.78 is 0. The van der Waals surface area contributed by atoms with Crippen LogP contribution in [0.5, 0.6) is 0 Å². The Kier molecular flexibility index (Phi) is 4.12. The van der Waals surface area contributed by atoms with Gasteiger partial charge < -0.3 is 5.32 Å². The fraction of sp³-hybridized carbons (Fsp3) is 0.214. The fourth-order valence-electron chi connectivity index (χ4n) is 1.78. The molecule has 0 spiro atoms. The molecule has 0 saturated carbocycles. The highest BCUT2D eigenvalue weighted by Crippen LogP contribution is 2.17. The van der Waals surface area contributed by atoms with Crippen molar-refractivity contribution in [3.63, 3.8) is 0 Å². The van der Waals surface area contributed by atoms with Crippen molar-refractivity contribution < 1.29 is 4.79 Å². The molecule has 2 aromatic rings. The average Bonchev–Trinajstić information content (AvgIpc) is 2.38. The molecule has 19 heavy (non-hydrogen) atoms. The van der Waals surface area contributed by atoms with Gasteiger partial charge in [0.05, 0.1) is 0 Å². The number of carbonyl (C=O) groups is 1. The number of nitrogens with zero attached hydrogens (tertiary/aromatic N) is 2. The quantitative estimate of drug-likeness (QED) is 0.875. The number of halogens is 1. The van der Waals surface area contributed by atoms with Crippen LogP contribution in [0.4, 0.5) is 5.69 Å². The first-order valence-electron chi connectivity index (χ1n) is 6.00. The van der Waals surface area contributed by atoms with Crippen molar-refractivity contribution in [1.29, 1.82) is 0 Å². The number of rotatable bonds is 3. The second-order valence-electron chi connectivity index (χ2n) is 4.09. The van der Waals surface area contributed by atoms with Crippen LogP contribution in [0.2, 0.25) is 5.15 Å². The topological polar surface area (TPSA) is 54.9 Å². The molecular formula is C14H14ClN3O. The molecule has 1 aromatic heterocycles. The van der Waals surface area contributed by atoms with E-state index in [9.17, 15) is 4.79 Å². The lowest BCUT2D eigenvalue weighted by Crippen LogP contribution is -2.15. The highest BCUT2D eigenvalue weighted by Gasteiger charge is 2.11. The van der Waals surface area contributed by atoms with Crippen molar-refractivity contribution in [1.82, 2.24) is 9.97 Å². The van der Waals surface area contributed by atoms with Gasteiger partial charge in [0.15, 0.2) is 0 Å². The first-order chi connectivity index (χ1) is 9.10. The summed E-state index contributed by atoms with van der Waals surface area (Å²) in [6, 6.07) is 9.13. The van der Waals surface area contributed by atoms with E-state index in [4.69, 9.17) is 11.6 Å². The Hall–Kier alpha value is -1.94. The zero-order valence-electron chi connectivity index (χ0n) is 10.8. The smallest absolute Gasteiger partial charge is 0.274 e. The molecule has 0 aliphatic carbocycles. The van der Waals surface area contributed by atoms with E-state index in [2.05, 4.69) is 15.3 Å². The van der Waals surface area contributed by atoms with Gasteiger partial charge in [-0.05, 0) is 25.0 Å². The lowest BCUT2D eigenvalue weighted by atomic mass is 10.1. The van der Waals surface area contributed by atoms with E-state index >= 15 is 0 Å². The molecule has 0 unspecified atom stereocenters. The number of para-hydroxylation sites is 1. The monoisotopic (exact) mass is 275 g/mol.